The molecule has 0 aliphatic rings. The SMILES string of the molecule is O=C(NOc1ccccc1F)c1cccnc1. The summed E-state index contributed by atoms with van der Waals surface area (Å²) in [6, 6.07) is 9.00. The van der Waals surface area contributed by atoms with E-state index in [0.29, 0.717) is 5.56 Å². The maximum Gasteiger partial charge on any atom is 0.285 e. The minimum atomic E-state index is -0.543. The van der Waals surface area contributed by atoms with Gasteiger partial charge >= 0.3 is 0 Å². The van der Waals surface area contributed by atoms with E-state index in [2.05, 4.69) is 10.5 Å². The molecule has 2 rings (SSSR count). The Hall–Kier alpha value is -2.43. The van der Waals surface area contributed by atoms with Crippen molar-refractivity contribution in [2.75, 3.05) is 0 Å². The zero-order chi connectivity index (χ0) is 12.1. The maximum atomic E-state index is 13.2. The van der Waals surface area contributed by atoms with Crippen LogP contribution in [0.5, 0.6) is 5.75 Å². The maximum absolute atomic E-state index is 13.2. The Labute approximate surface area is 97.0 Å². The number of pyridine rings is 1. The van der Waals surface area contributed by atoms with Gasteiger partial charge in [-0.15, -0.1) is 0 Å². The van der Waals surface area contributed by atoms with Crippen molar-refractivity contribution in [3.63, 3.8) is 0 Å². The molecule has 0 radical (unpaired) electrons. The van der Waals surface area contributed by atoms with Gasteiger partial charge in [-0.25, -0.2) is 4.39 Å². The van der Waals surface area contributed by atoms with Crippen LogP contribution in [0.3, 0.4) is 0 Å². The second-order valence-electron chi connectivity index (χ2n) is 3.21. The molecular formula is C12H9FN2O2. The summed E-state index contributed by atoms with van der Waals surface area (Å²) in [6.45, 7) is 0. The molecular weight excluding hydrogens is 223 g/mol. The first kappa shape index (κ1) is 11.1. The molecule has 2 aromatic rings. The minimum Gasteiger partial charge on any atom is -0.376 e. The van der Waals surface area contributed by atoms with Crippen molar-refractivity contribution in [2.24, 2.45) is 0 Å². The van der Waals surface area contributed by atoms with Gasteiger partial charge in [0, 0.05) is 12.4 Å². The Kier molecular flexibility index (Phi) is 3.30. The van der Waals surface area contributed by atoms with Crippen LogP contribution in [-0.2, 0) is 0 Å². The van der Waals surface area contributed by atoms with Gasteiger partial charge in [0.15, 0.2) is 11.6 Å². The molecule has 0 unspecified atom stereocenters. The van der Waals surface area contributed by atoms with Crippen LogP contribution >= 0.6 is 0 Å². The van der Waals surface area contributed by atoms with E-state index >= 15 is 0 Å². The number of hydroxylamine groups is 1. The van der Waals surface area contributed by atoms with E-state index in [-0.39, 0.29) is 5.75 Å². The number of halogens is 1. The van der Waals surface area contributed by atoms with Crippen LogP contribution in [0.25, 0.3) is 0 Å². The number of hydrogen-bond donors (Lipinski definition) is 1. The molecule has 0 aliphatic heterocycles. The fraction of sp³-hybridized carbons (Fsp3) is 0. The first-order valence-corrected chi connectivity index (χ1v) is 4.89. The third-order valence-corrected chi connectivity index (χ3v) is 2.01. The molecule has 1 amide bonds. The number of nitrogens with zero attached hydrogens (tertiary/aromatic N) is 1. The minimum absolute atomic E-state index is 0.0373. The summed E-state index contributed by atoms with van der Waals surface area (Å²) in [6.07, 6.45) is 2.94. The second kappa shape index (κ2) is 5.07. The average Bonchev–Trinajstić information content (AvgIpc) is 2.38. The van der Waals surface area contributed by atoms with Crippen molar-refractivity contribution in [1.29, 1.82) is 0 Å². The number of nitrogens with one attached hydrogen (secondary N) is 1. The molecule has 0 atom stereocenters. The van der Waals surface area contributed by atoms with E-state index in [1.54, 1.807) is 24.4 Å². The lowest BCUT2D eigenvalue weighted by molar-refractivity contribution is 0.0751. The number of carbonyl (C=O) groups excluding carboxylic acids is 1. The second-order valence-corrected chi connectivity index (χ2v) is 3.21. The highest BCUT2D eigenvalue weighted by Crippen LogP contribution is 2.14. The summed E-state index contributed by atoms with van der Waals surface area (Å²) < 4.78 is 13.2. The number of benzene rings is 1. The third-order valence-electron chi connectivity index (χ3n) is 2.01. The number of aromatic nitrogens is 1. The largest absolute Gasteiger partial charge is 0.376 e. The van der Waals surface area contributed by atoms with E-state index in [4.69, 9.17) is 4.84 Å². The van der Waals surface area contributed by atoms with E-state index in [9.17, 15) is 9.18 Å². The summed E-state index contributed by atoms with van der Waals surface area (Å²) in [4.78, 5) is 20.2. The molecule has 0 fully saturated rings. The lowest BCUT2D eigenvalue weighted by Crippen LogP contribution is -2.27. The summed E-state index contributed by atoms with van der Waals surface area (Å²) in [5.41, 5.74) is 2.47. The number of amides is 1. The molecule has 0 saturated heterocycles. The van der Waals surface area contributed by atoms with Crippen molar-refractivity contribution in [2.45, 2.75) is 0 Å². The molecule has 0 saturated carbocycles. The summed E-state index contributed by atoms with van der Waals surface area (Å²) in [5.74, 6) is -1.06. The smallest absolute Gasteiger partial charge is 0.285 e. The predicted molar refractivity (Wildman–Crippen MR) is 58.7 cm³/mol. The summed E-state index contributed by atoms with van der Waals surface area (Å²) in [5, 5.41) is 0. The van der Waals surface area contributed by atoms with E-state index in [0.717, 1.165) is 0 Å². The Balaban J connectivity index is 2.00. The van der Waals surface area contributed by atoms with Gasteiger partial charge in [0.25, 0.3) is 5.91 Å². The van der Waals surface area contributed by atoms with Crippen LogP contribution in [0.1, 0.15) is 10.4 Å². The highest BCUT2D eigenvalue weighted by Gasteiger charge is 2.07. The van der Waals surface area contributed by atoms with Crippen LogP contribution in [0, 0.1) is 5.82 Å². The van der Waals surface area contributed by atoms with Crippen molar-refractivity contribution in [3.8, 4) is 5.75 Å². The monoisotopic (exact) mass is 232 g/mol. The van der Waals surface area contributed by atoms with Gasteiger partial charge < -0.3 is 4.84 Å². The highest BCUT2D eigenvalue weighted by atomic mass is 19.1. The fourth-order valence-corrected chi connectivity index (χ4v) is 1.18. The number of carbonyl (C=O) groups is 1. The third kappa shape index (κ3) is 2.78. The van der Waals surface area contributed by atoms with Crippen LogP contribution < -0.4 is 10.3 Å². The van der Waals surface area contributed by atoms with Crippen molar-refractivity contribution in [3.05, 3.63) is 60.2 Å². The first-order chi connectivity index (χ1) is 8.27. The van der Waals surface area contributed by atoms with E-state index < -0.39 is 11.7 Å². The lowest BCUT2D eigenvalue weighted by atomic mass is 10.3. The van der Waals surface area contributed by atoms with Gasteiger partial charge in [0.2, 0.25) is 0 Å². The Morgan fingerprint density at radius 3 is 2.76 bits per heavy atom. The highest BCUT2D eigenvalue weighted by molar-refractivity contribution is 5.93. The quantitative estimate of drug-likeness (QED) is 0.823. The van der Waals surface area contributed by atoms with Gasteiger partial charge in [-0.3, -0.25) is 9.78 Å². The van der Waals surface area contributed by atoms with Crippen LogP contribution in [0.2, 0.25) is 0 Å². The zero-order valence-electron chi connectivity index (χ0n) is 8.76. The Bertz CT molecular complexity index is 517. The van der Waals surface area contributed by atoms with E-state index in [1.807, 2.05) is 0 Å². The lowest BCUT2D eigenvalue weighted by Gasteiger charge is -2.06. The van der Waals surface area contributed by atoms with Gasteiger partial charge in [-0.1, -0.05) is 12.1 Å². The molecule has 0 bridgehead atoms. The first-order valence-electron chi connectivity index (χ1n) is 4.89. The summed E-state index contributed by atoms with van der Waals surface area (Å²) >= 11 is 0. The molecule has 4 nitrogen and oxygen atoms in total. The standard InChI is InChI=1S/C12H9FN2O2/c13-10-5-1-2-6-11(10)17-15-12(16)9-4-3-7-14-8-9/h1-8H,(H,15,16). The van der Waals surface area contributed by atoms with Crippen LogP contribution in [0.15, 0.2) is 48.8 Å². The van der Waals surface area contributed by atoms with Crippen molar-refractivity contribution >= 4 is 5.91 Å². The normalized spacial score (nSPS) is 9.71. The average molecular weight is 232 g/mol. The molecule has 1 aromatic heterocycles. The molecule has 0 spiro atoms. The zero-order valence-corrected chi connectivity index (χ0v) is 8.76. The molecule has 1 heterocycles. The molecule has 17 heavy (non-hydrogen) atoms. The van der Waals surface area contributed by atoms with Crippen molar-refractivity contribution in [1.82, 2.24) is 10.5 Å². The fourth-order valence-electron chi connectivity index (χ4n) is 1.18. The summed E-state index contributed by atoms with van der Waals surface area (Å²) in [7, 11) is 0. The topological polar surface area (TPSA) is 51.2 Å². The van der Waals surface area contributed by atoms with Crippen LogP contribution in [-0.4, -0.2) is 10.9 Å². The number of para-hydroxylation sites is 1. The Morgan fingerprint density at radius 2 is 2.06 bits per heavy atom. The van der Waals surface area contributed by atoms with E-state index in [1.165, 1.54) is 24.4 Å². The van der Waals surface area contributed by atoms with Crippen molar-refractivity contribution < 1.29 is 14.0 Å². The van der Waals surface area contributed by atoms with Gasteiger partial charge in [0.05, 0.1) is 5.56 Å². The Morgan fingerprint density at radius 1 is 1.24 bits per heavy atom. The van der Waals surface area contributed by atoms with Crippen LogP contribution in [0.4, 0.5) is 4.39 Å². The molecule has 0 aliphatic carbocycles. The molecule has 1 N–H and O–H groups in total. The molecule has 5 heteroatoms. The predicted octanol–water partition coefficient (Wildman–Crippen LogP) is 1.94. The van der Waals surface area contributed by atoms with Gasteiger partial charge in [-0.2, -0.15) is 5.48 Å². The molecule has 1 aromatic carbocycles. The number of rotatable bonds is 3. The van der Waals surface area contributed by atoms with Gasteiger partial charge in [-0.05, 0) is 24.3 Å². The molecule has 86 valence electrons. The number of hydrogen-bond acceptors (Lipinski definition) is 3. The van der Waals surface area contributed by atoms with Gasteiger partial charge in [0.1, 0.15) is 0 Å².